The first-order chi connectivity index (χ1) is 14.9. The fourth-order valence-electron chi connectivity index (χ4n) is 2.95. The van der Waals surface area contributed by atoms with Crippen LogP contribution in [0.3, 0.4) is 0 Å². The van der Waals surface area contributed by atoms with E-state index >= 15 is 0 Å². The molecule has 0 radical (unpaired) electrons. The molecule has 3 aromatic carbocycles. The molecule has 0 aliphatic rings. The summed E-state index contributed by atoms with van der Waals surface area (Å²) in [5, 5.41) is 0. The number of aryl methyl sites for hydroxylation is 2. The van der Waals surface area contributed by atoms with Gasteiger partial charge in [0.05, 0.1) is 0 Å². The lowest BCUT2D eigenvalue weighted by Gasteiger charge is -2.18. The van der Waals surface area contributed by atoms with E-state index in [1.54, 1.807) is 31.2 Å². The van der Waals surface area contributed by atoms with Crippen LogP contribution in [-0.4, -0.2) is 17.9 Å². The average Bonchev–Trinajstić information content (AvgIpc) is 2.79. The van der Waals surface area contributed by atoms with E-state index in [4.69, 9.17) is 9.47 Å². The Morgan fingerprint density at radius 1 is 0.839 bits per heavy atom. The van der Waals surface area contributed by atoms with Gasteiger partial charge in [0, 0.05) is 5.56 Å². The molecule has 2 amide bonds. The van der Waals surface area contributed by atoms with Crippen molar-refractivity contribution in [2.24, 2.45) is 0 Å². The molecular formula is C25H26N2O4. The predicted molar refractivity (Wildman–Crippen MR) is 119 cm³/mol. The lowest BCUT2D eigenvalue weighted by atomic mass is 10.1. The molecular weight excluding hydrogens is 392 g/mol. The van der Waals surface area contributed by atoms with Gasteiger partial charge in [0.2, 0.25) is 0 Å². The van der Waals surface area contributed by atoms with Gasteiger partial charge in [0.25, 0.3) is 11.8 Å². The van der Waals surface area contributed by atoms with Crippen LogP contribution in [0.1, 0.15) is 34.0 Å². The third-order valence-electron chi connectivity index (χ3n) is 4.74. The summed E-state index contributed by atoms with van der Waals surface area (Å²) in [6, 6.07) is 22.3. The Hall–Kier alpha value is -3.80. The molecule has 6 heteroatoms. The lowest BCUT2D eigenvalue weighted by molar-refractivity contribution is -0.128. The minimum absolute atomic E-state index is 0.399. The zero-order valence-electron chi connectivity index (χ0n) is 17.8. The molecule has 0 heterocycles. The number of amides is 2. The number of carbonyl (C=O) groups is 2. The molecule has 160 valence electrons. The third kappa shape index (κ3) is 6.09. The topological polar surface area (TPSA) is 76.7 Å². The molecule has 31 heavy (non-hydrogen) atoms. The first kappa shape index (κ1) is 21.9. The molecule has 2 N–H and O–H groups in total. The molecule has 1 atom stereocenters. The van der Waals surface area contributed by atoms with E-state index in [0.29, 0.717) is 23.7 Å². The van der Waals surface area contributed by atoms with Crippen LogP contribution in [-0.2, 0) is 11.4 Å². The van der Waals surface area contributed by atoms with Crippen molar-refractivity contribution in [3.63, 3.8) is 0 Å². The van der Waals surface area contributed by atoms with Crippen LogP contribution in [0, 0.1) is 13.8 Å². The normalized spacial score (nSPS) is 11.3. The van der Waals surface area contributed by atoms with Gasteiger partial charge < -0.3 is 9.47 Å². The number of benzene rings is 3. The SMILES string of the molecule is Cc1cccc(C)c1O[C@@H](C)C(=O)NNC(=O)c1ccc(OCc2ccccc2)cc1. The van der Waals surface area contributed by atoms with Crippen LogP contribution in [0.4, 0.5) is 0 Å². The highest BCUT2D eigenvalue weighted by Gasteiger charge is 2.17. The largest absolute Gasteiger partial charge is 0.489 e. The summed E-state index contributed by atoms with van der Waals surface area (Å²) in [6.07, 6.45) is -0.770. The molecule has 0 aliphatic carbocycles. The zero-order chi connectivity index (χ0) is 22.2. The number of para-hydroxylation sites is 1. The summed E-state index contributed by atoms with van der Waals surface area (Å²) in [7, 11) is 0. The summed E-state index contributed by atoms with van der Waals surface area (Å²) in [5.41, 5.74) is 8.16. The predicted octanol–water partition coefficient (Wildman–Crippen LogP) is 4.11. The van der Waals surface area contributed by atoms with Gasteiger partial charge in [0.15, 0.2) is 6.10 Å². The van der Waals surface area contributed by atoms with E-state index in [2.05, 4.69) is 10.9 Å². The highest BCUT2D eigenvalue weighted by molar-refractivity contribution is 5.95. The van der Waals surface area contributed by atoms with Gasteiger partial charge in [0.1, 0.15) is 18.1 Å². The Bertz CT molecular complexity index is 1010. The van der Waals surface area contributed by atoms with E-state index in [-0.39, 0.29) is 0 Å². The summed E-state index contributed by atoms with van der Waals surface area (Å²) in [6.45, 7) is 5.91. The molecule has 0 spiro atoms. The highest BCUT2D eigenvalue weighted by atomic mass is 16.5. The molecule has 0 bridgehead atoms. The number of hydrogen-bond acceptors (Lipinski definition) is 4. The maximum Gasteiger partial charge on any atom is 0.279 e. The van der Waals surface area contributed by atoms with Crippen molar-refractivity contribution in [1.82, 2.24) is 10.9 Å². The van der Waals surface area contributed by atoms with Crippen molar-refractivity contribution < 1.29 is 19.1 Å². The van der Waals surface area contributed by atoms with Gasteiger partial charge in [-0.25, -0.2) is 0 Å². The minimum Gasteiger partial charge on any atom is -0.489 e. The first-order valence-corrected chi connectivity index (χ1v) is 10.0. The van der Waals surface area contributed by atoms with Gasteiger partial charge in [-0.2, -0.15) is 0 Å². The Balaban J connectivity index is 1.49. The maximum atomic E-state index is 12.3. The van der Waals surface area contributed by atoms with Gasteiger partial charge in [-0.3, -0.25) is 20.4 Å². The van der Waals surface area contributed by atoms with Crippen LogP contribution < -0.4 is 20.3 Å². The molecule has 0 aromatic heterocycles. The first-order valence-electron chi connectivity index (χ1n) is 10.0. The smallest absolute Gasteiger partial charge is 0.279 e. The second-order valence-electron chi connectivity index (χ2n) is 7.22. The van der Waals surface area contributed by atoms with Gasteiger partial charge in [-0.15, -0.1) is 0 Å². The fourth-order valence-corrected chi connectivity index (χ4v) is 2.95. The average molecular weight is 418 g/mol. The van der Waals surface area contributed by atoms with Crippen LogP contribution in [0.25, 0.3) is 0 Å². The number of ether oxygens (including phenoxy) is 2. The van der Waals surface area contributed by atoms with Gasteiger partial charge >= 0.3 is 0 Å². The quantitative estimate of drug-likeness (QED) is 0.566. The molecule has 0 saturated heterocycles. The highest BCUT2D eigenvalue weighted by Crippen LogP contribution is 2.23. The van der Waals surface area contributed by atoms with E-state index in [9.17, 15) is 9.59 Å². The van der Waals surface area contributed by atoms with E-state index in [1.165, 1.54) is 0 Å². The van der Waals surface area contributed by atoms with Gasteiger partial charge in [-0.05, 0) is 61.7 Å². The van der Waals surface area contributed by atoms with Crippen LogP contribution in [0.5, 0.6) is 11.5 Å². The van der Waals surface area contributed by atoms with Crippen molar-refractivity contribution in [3.05, 3.63) is 95.1 Å². The van der Waals surface area contributed by atoms with E-state index in [0.717, 1.165) is 16.7 Å². The number of rotatable bonds is 7. The number of hydrogen-bond donors (Lipinski definition) is 2. The van der Waals surface area contributed by atoms with Crippen molar-refractivity contribution in [2.75, 3.05) is 0 Å². The van der Waals surface area contributed by atoms with Crippen molar-refractivity contribution in [1.29, 1.82) is 0 Å². The Morgan fingerprint density at radius 3 is 2.13 bits per heavy atom. The molecule has 0 fully saturated rings. The van der Waals surface area contributed by atoms with Crippen molar-refractivity contribution >= 4 is 11.8 Å². The summed E-state index contributed by atoms with van der Waals surface area (Å²) in [4.78, 5) is 24.6. The summed E-state index contributed by atoms with van der Waals surface area (Å²) in [5.74, 6) is 0.448. The van der Waals surface area contributed by atoms with E-state index in [1.807, 2.05) is 62.4 Å². The third-order valence-corrected chi connectivity index (χ3v) is 4.74. The zero-order valence-corrected chi connectivity index (χ0v) is 17.8. The maximum absolute atomic E-state index is 12.3. The standard InChI is InChI=1S/C25H26N2O4/c1-17-8-7-9-18(2)23(17)31-19(3)24(28)26-27-25(29)21-12-14-22(15-13-21)30-16-20-10-5-4-6-11-20/h4-15,19H,16H2,1-3H3,(H,26,28)(H,27,29)/t19-/m0/s1. The van der Waals surface area contributed by atoms with Crippen LogP contribution in [0.15, 0.2) is 72.8 Å². The minimum atomic E-state index is -0.770. The Labute approximate surface area is 182 Å². The number of nitrogens with one attached hydrogen (secondary N) is 2. The molecule has 0 aliphatic heterocycles. The lowest BCUT2D eigenvalue weighted by Crippen LogP contribution is -2.47. The molecule has 3 aromatic rings. The van der Waals surface area contributed by atoms with Crippen LogP contribution >= 0.6 is 0 Å². The Morgan fingerprint density at radius 2 is 1.48 bits per heavy atom. The number of hydrazine groups is 1. The van der Waals surface area contributed by atoms with E-state index < -0.39 is 17.9 Å². The van der Waals surface area contributed by atoms with Crippen molar-refractivity contribution in [3.8, 4) is 11.5 Å². The Kier molecular flexibility index (Phi) is 7.27. The second kappa shape index (κ2) is 10.3. The molecule has 6 nitrogen and oxygen atoms in total. The monoisotopic (exact) mass is 418 g/mol. The molecule has 0 saturated carbocycles. The molecule has 0 unspecified atom stereocenters. The van der Waals surface area contributed by atoms with Gasteiger partial charge in [-0.1, -0.05) is 48.5 Å². The summed E-state index contributed by atoms with van der Waals surface area (Å²) >= 11 is 0. The second-order valence-corrected chi connectivity index (χ2v) is 7.22. The van der Waals surface area contributed by atoms with Crippen molar-refractivity contribution in [2.45, 2.75) is 33.5 Å². The molecule has 3 rings (SSSR count). The summed E-state index contributed by atoms with van der Waals surface area (Å²) < 4.78 is 11.5. The number of carbonyl (C=O) groups excluding carboxylic acids is 2. The van der Waals surface area contributed by atoms with Crippen LogP contribution in [0.2, 0.25) is 0 Å². The fraction of sp³-hybridized carbons (Fsp3) is 0.200.